The SMILES string of the molecule is F[B-](F)(F)F.N#[N+]c1ccc(OC(F)(F)F)cc1. The van der Waals surface area contributed by atoms with Crippen LogP contribution in [0.25, 0.3) is 4.98 Å². The topological polar surface area (TPSA) is 37.4 Å². The predicted molar refractivity (Wildman–Crippen MR) is 48.1 cm³/mol. The molecular formula is C7H4BF7N2O. The second-order valence-electron chi connectivity index (χ2n) is 2.64. The lowest BCUT2D eigenvalue weighted by molar-refractivity contribution is -0.274. The average Bonchev–Trinajstić information content (AvgIpc) is 2.14. The van der Waals surface area contributed by atoms with E-state index in [0.717, 1.165) is 12.1 Å². The van der Waals surface area contributed by atoms with E-state index < -0.39 is 13.6 Å². The zero-order chi connectivity index (χ0) is 14.4. The summed E-state index contributed by atoms with van der Waals surface area (Å²) in [6.07, 6.45) is -4.70. The molecule has 0 radical (unpaired) electrons. The smallest absolute Gasteiger partial charge is 0.418 e. The minimum absolute atomic E-state index is 0.162. The fourth-order valence-electron chi connectivity index (χ4n) is 0.714. The van der Waals surface area contributed by atoms with E-state index in [2.05, 4.69) is 9.71 Å². The molecule has 0 aliphatic rings. The Bertz CT molecular complexity index is 402. The molecule has 0 unspecified atom stereocenters. The molecule has 0 spiro atoms. The maximum absolute atomic E-state index is 11.6. The Morgan fingerprint density at radius 2 is 1.39 bits per heavy atom. The number of rotatable bonds is 1. The molecule has 0 aromatic heterocycles. The van der Waals surface area contributed by atoms with E-state index in [-0.39, 0.29) is 11.4 Å². The molecule has 0 aliphatic heterocycles. The Morgan fingerprint density at radius 3 is 1.67 bits per heavy atom. The Kier molecular flexibility index (Phi) is 5.41. The Hall–Kier alpha value is -1.99. The van der Waals surface area contributed by atoms with Gasteiger partial charge in [-0.1, -0.05) is 0 Å². The lowest BCUT2D eigenvalue weighted by Gasteiger charge is -2.06. The van der Waals surface area contributed by atoms with Gasteiger partial charge in [-0.15, -0.1) is 13.2 Å². The lowest BCUT2D eigenvalue weighted by Crippen LogP contribution is -2.16. The molecule has 0 saturated heterocycles. The highest BCUT2D eigenvalue weighted by atomic mass is 19.5. The number of halogens is 7. The first-order valence-corrected chi connectivity index (χ1v) is 4.09. The van der Waals surface area contributed by atoms with E-state index in [1.807, 2.05) is 0 Å². The molecule has 11 heteroatoms. The molecule has 0 bridgehead atoms. The summed E-state index contributed by atoms with van der Waals surface area (Å²) < 4.78 is 77.5. The molecule has 0 atom stereocenters. The molecule has 100 valence electrons. The van der Waals surface area contributed by atoms with Gasteiger partial charge in [0.1, 0.15) is 5.75 Å². The van der Waals surface area contributed by atoms with Gasteiger partial charge in [-0.25, -0.2) is 0 Å². The minimum Gasteiger partial charge on any atom is -0.418 e. The fourth-order valence-corrected chi connectivity index (χ4v) is 0.714. The molecule has 1 aromatic carbocycles. The van der Waals surface area contributed by atoms with Crippen LogP contribution >= 0.6 is 0 Å². The van der Waals surface area contributed by atoms with E-state index in [4.69, 9.17) is 5.39 Å². The normalized spacial score (nSPS) is 11.0. The highest BCUT2D eigenvalue weighted by Crippen LogP contribution is 2.24. The van der Waals surface area contributed by atoms with Crippen LogP contribution < -0.4 is 4.74 Å². The quantitative estimate of drug-likeness (QED) is 0.434. The van der Waals surface area contributed by atoms with Crippen LogP contribution in [0.4, 0.5) is 36.1 Å². The third kappa shape index (κ3) is 10.5. The van der Waals surface area contributed by atoms with E-state index in [1.165, 1.54) is 12.1 Å². The van der Waals surface area contributed by atoms with E-state index in [9.17, 15) is 30.4 Å². The molecule has 0 amide bonds. The summed E-state index contributed by atoms with van der Waals surface area (Å²) in [4.78, 5) is 2.77. The molecule has 1 rings (SSSR count). The second-order valence-corrected chi connectivity index (χ2v) is 2.64. The lowest BCUT2D eigenvalue weighted by atomic mass is 10.3. The van der Waals surface area contributed by atoms with Gasteiger partial charge in [0.25, 0.3) is 0 Å². The third-order valence-corrected chi connectivity index (χ3v) is 1.19. The van der Waals surface area contributed by atoms with Crippen molar-refractivity contribution >= 4 is 12.9 Å². The molecule has 3 nitrogen and oxygen atoms in total. The summed E-state index contributed by atoms with van der Waals surface area (Å²) in [6, 6.07) is 4.51. The zero-order valence-electron chi connectivity index (χ0n) is 8.34. The first kappa shape index (κ1) is 16.0. The maximum atomic E-state index is 11.6. The van der Waals surface area contributed by atoms with Crippen LogP contribution in [0, 0.1) is 5.39 Å². The van der Waals surface area contributed by atoms with Gasteiger partial charge >= 0.3 is 19.3 Å². The summed E-state index contributed by atoms with van der Waals surface area (Å²) in [5.74, 6) is -0.347. The monoisotopic (exact) mass is 276 g/mol. The van der Waals surface area contributed by atoms with Gasteiger partial charge < -0.3 is 22.0 Å². The van der Waals surface area contributed by atoms with Gasteiger partial charge in [-0.05, 0) is 12.1 Å². The first-order valence-electron chi connectivity index (χ1n) is 4.09. The number of ether oxygens (including phenoxy) is 1. The number of hydrogen-bond acceptors (Lipinski definition) is 2. The summed E-state index contributed by atoms with van der Waals surface area (Å²) >= 11 is 0. The number of alkyl halides is 3. The Morgan fingerprint density at radius 1 is 1.00 bits per heavy atom. The number of hydrogen-bond donors (Lipinski definition) is 0. The largest absolute Gasteiger partial charge is 0.673 e. The summed E-state index contributed by atoms with van der Waals surface area (Å²) in [6.45, 7) is 0. The maximum Gasteiger partial charge on any atom is 0.673 e. The zero-order valence-corrected chi connectivity index (χ0v) is 8.34. The molecule has 0 saturated carbocycles. The van der Waals surface area contributed by atoms with E-state index >= 15 is 0 Å². The van der Waals surface area contributed by atoms with Gasteiger partial charge in [0, 0.05) is 12.1 Å². The average molecular weight is 276 g/mol. The highest BCUT2D eigenvalue weighted by Gasteiger charge is 2.31. The number of benzene rings is 1. The molecule has 0 aliphatic carbocycles. The predicted octanol–water partition coefficient (Wildman–Crippen LogP) is 4.37. The van der Waals surface area contributed by atoms with Crippen molar-refractivity contribution in [3.8, 4) is 5.75 Å². The third-order valence-electron chi connectivity index (χ3n) is 1.19. The highest BCUT2D eigenvalue weighted by molar-refractivity contribution is 6.50. The van der Waals surface area contributed by atoms with Crippen LogP contribution in [-0.4, -0.2) is 13.6 Å². The van der Waals surface area contributed by atoms with E-state index in [1.54, 1.807) is 0 Å². The van der Waals surface area contributed by atoms with Crippen LogP contribution in [-0.2, 0) is 0 Å². The van der Waals surface area contributed by atoms with Crippen LogP contribution in [0.1, 0.15) is 0 Å². The van der Waals surface area contributed by atoms with Gasteiger partial charge in [0.15, 0.2) is 4.98 Å². The van der Waals surface area contributed by atoms with Crippen molar-refractivity contribution in [2.45, 2.75) is 6.36 Å². The Labute approximate surface area is 95.9 Å². The molecule has 0 fully saturated rings. The first-order chi connectivity index (χ1) is 8.01. The minimum atomic E-state index is -6.00. The van der Waals surface area contributed by atoms with Gasteiger partial charge in [0.05, 0.1) is 0 Å². The second kappa shape index (κ2) is 6.09. The van der Waals surface area contributed by atoms with Crippen molar-refractivity contribution in [1.82, 2.24) is 0 Å². The van der Waals surface area contributed by atoms with E-state index in [0.29, 0.717) is 0 Å². The van der Waals surface area contributed by atoms with Crippen molar-refractivity contribution in [3.05, 3.63) is 29.2 Å². The van der Waals surface area contributed by atoms with Crippen molar-refractivity contribution in [1.29, 1.82) is 5.39 Å². The van der Waals surface area contributed by atoms with Crippen LogP contribution in [0.2, 0.25) is 0 Å². The van der Waals surface area contributed by atoms with Crippen LogP contribution in [0.15, 0.2) is 24.3 Å². The standard InChI is InChI=1S/C7H4F3N2O.BF4/c8-7(9,10)13-6-3-1-5(12-11)2-4-6;2-1(3,4)5/h1-4H;/q+1;-1. The van der Waals surface area contributed by atoms with Crippen molar-refractivity contribution in [2.75, 3.05) is 0 Å². The summed E-state index contributed by atoms with van der Waals surface area (Å²) in [7, 11) is -6.00. The van der Waals surface area contributed by atoms with Gasteiger partial charge in [-0.3, -0.25) is 0 Å². The number of nitrogens with zero attached hydrogens (tertiary/aromatic N) is 2. The van der Waals surface area contributed by atoms with Crippen molar-refractivity contribution < 1.29 is 35.2 Å². The molecule has 0 heterocycles. The van der Waals surface area contributed by atoms with Gasteiger partial charge in [0.2, 0.25) is 5.39 Å². The fraction of sp³-hybridized carbons (Fsp3) is 0.143. The van der Waals surface area contributed by atoms with Gasteiger partial charge in [-0.2, -0.15) is 0 Å². The molecule has 0 N–H and O–H groups in total. The van der Waals surface area contributed by atoms with Crippen molar-refractivity contribution in [3.63, 3.8) is 0 Å². The summed E-state index contributed by atoms with van der Waals surface area (Å²) in [5.41, 5.74) is 0.162. The molecular weight excluding hydrogens is 272 g/mol. The number of diazo groups is 1. The van der Waals surface area contributed by atoms with Crippen LogP contribution in [0.3, 0.4) is 0 Å². The Balaban J connectivity index is 0.000000494. The summed E-state index contributed by atoms with van der Waals surface area (Å²) in [5, 5.41) is 8.22. The molecule has 1 aromatic rings. The molecule has 18 heavy (non-hydrogen) atoms. The van der Waals surface area contributed by atoms with Crippen molar-refractivity contribution in [2.24, 2.45) is 0 Å². The van der Waals surface area contributed by atoms with Crippen LogP contribution in [0.5, 0.6) is 5.75 Å².